The van der Waals surface area contributed by atoms with Gasteiger partial charge in [0.25, 0.3) is 5.91 Å². The molecule has 0 fully saturated rings. The molecule has 0 saturated carbocycles. The Balaban J connectivity index is 2.08. The van der Waals surface area contributed by atoms with E-state index >= 15 is 0 Å². The summed E-state index contributed by atoms with van der Waals surface area (Å²) in [6, 6.07) is 7.51. The molecule has 1 amide bonds. The van der Waals surface area contributed by atoms with Gasteiger partial charge in [-0.15, -0.1) is 17.9 Å². The molecule has 0 atom stereocenters. The van der Waals surface area contributed by atoms with Gasteiger partial charge >= 0.3 is 5.97 Å². The highest BCUT2D eigenvalue weighted by molar-refractivity contribution is 7.16. The van der Waals surface area contributed by atoms with Crippen LogP contribution in [0.25, 0.3) is 0 Å². The summed E-state index contributed by atoms with van der Waals surface area (Å²) in [4.78, 5) is 25.4. The van der Waals surface area contributed by atoms with Crippen LogP contribution in [0.3, 0.4) is 0 Å². The van der Waals surface area contributed by atoms with Crippen LogP contribution in [0.2, 0.25) is 0 Å². The number of amides is 1. The van der Waals surface area contributed by atoms with Crippen LogP contribution >= 0.6 is 11.3 Å². The Bertz CT molecular complexity index is 810. The van der Waals surface area contributed by atoms with Gasteiger partial charge in [-0.3, -0.25) is 4.79 Å². The van der Waals surface area contributed by atoms with E-state index < -0.39 is 5.97 Å². The van der Waals surface area contributed by atoms with E-state index in [0.29, 0.717) is 22.7 Å². The fourth-order valence-corrected chi connectivity index (χ4v) is 3.50. The van der Waals surface area contributed by atoms with Crippen LogP contribution in [0.4, 0.5) is 5.00 Å². The molecule has 0 bridgehead atoms. The molecule has 0 aliphatic rings. The number of allylic oxidation sites excluding steroid dienone is 1. The van der Waals surface area contributed by atoms with Crippen molar-refractivity contribution in [2.45, 2.75) is 27.2 Å². The summed E-state index contributed by atoms with van der Waals surface area (Å²) in [5.74, 6) is -0.112. The van der Waals surface area contributed by atoms with Crippen LogP contribution in [0, 0.1) is 13.8 Å². The van der Waals surface area contributed by atoms with Crippen LogP contribution in [-0.2, 0) is 16.0 Å². The summed E-state index contributed by atoms with van der Waals surface area (Å²) in [6.45, 7) is 9.35. The highest BCUT2D eigenvalue weighted by atomic mass is 32.1. The molecular formula is C20H23NO4S. The summed E-state index contributed by atoms with van der Waals surface area (Å²) in [5, 5.41) is 3.26. The Morgan fingerprint density at radius 2 is 2.00 bits per heavy atom. The molecule has 1 N–H and O–H groups in total. The summed E-state index contributed by atoms with van der Waals surface area (Å²) in [7, 11) is 0. The lowest BCUT2D eigenvalue weighted by Crippen LogP contribution is -2.21. The van der Waals surface area contributed by atoms with Crippen LogP contribution in [0.15, 0.2) is 36.9 Å². The van der Waals surface area contributed by atoms with E-state index in [9.17, 15) is 9.59 Å². The number of thiophene rings is 1. The molecule has 0 aliphatic carbocycles. The lowest BCUT2D eigenvalue weighted by atomic mass is 10.1. The molecule has 5 nitrogen and oxygen atoms in total. The second-order valence-corrected chi connectivity index (χ2v) is 6.87. The number of carbonyl (C=O) groups is 2. The molecule has 2 aromatic rings. The second-order valence-electron chi connectivity index (χ2n) is 5.65. The second kappa shape index (κ2) is 9.20. The molecule has 1 heterocycles. The number of ether oxygens (including phenoxy) is 2. The normalized spacial score (nSPS) is 10.3. The third kappa shape index (κ3) is 4.73. The van der Waals surface area contributed by atoms with E-state index in [4.69, 9.17) is 9.47 Å². The molecule has 2 rings (SSSR count). The molecule has 0 saturated heterocycles. The molecule has 0 aliphatic heterocycles. The van der Waals surface area contributed by atoms with Gasteiger partial charge in [0.1, 0.15) is 10.8 Å². The van der Waals surface area contributed by atoms with Gasteiger partial charge in [-0.05, 0) is 44.4 Å². The maximum atomic E-state index is 12.3. The largest absolute Gasteiger partial charge is 0.483 e. The van der Waals surface area contributed by atoms with Gasteiger partial charge in [-0.1, -0.05) is 24.3 Å². The fourth-order valence-electron chi connectivity index (χ4n) is 2.44. The third-order valence-corrected chi connectivity index (χ3v) is 4.94. The standard InChI is InChI=1S/C20H23NO4S/c1-5-9-15-10-7-8-11-16(15)25-12-17(22)21-19-18(20(23)24-6-2)13(3)14(4)26-19/h5,7-8,10-11H,1,6,9,12H2,2-4H3,(H,21,22). The Kier molecular flexibility index (Phi) is 6.97. The minimum atomic E-state index is -0.429. The lowest BCUT2D eigenvalue weighted by Gasteiger charge is -2.11. The van der Waals surface area contributed by atoms with Crippen LogP contribution in [0.5, 0.6) is 5.75 Å². The first-order chi connectivity index (χ1) is 12.5. The Morgan fingerprint density at radius 3 is 2.69 bits per heavy atom. The van der Waals surface area contributed by atoms with Crippen molar-refractivity contribution in [3.8, 4) is 5.75 Å². The Labute approximate surface area is 157 Å². The molecule has 1 aromatic carbocycles. The van der Waals surface area contributed by atoms with Crippen molar-refractivity contribution in [1.29, 1.82) is 0 Å². The quantitative estimate of drug-likeness (QED) is 0.554. The number of nitrogens with one attached hydrogen (secondary N) is 1. The van der Waals surface area contributed by atoms with Gasteiger partial charge in [0.15, 0.2) is 6.61 Å². The molecule has 1 aromatic heterocycles. The van der Waals surface area contributed by atoms with Crippen LogP contribution in [0.1, 0.15) is 33.3 Å². The maximum Gasteiger partial charge on any atom is 0.341 e. The number of hydrogen-bond acceptors (Lipinski definition) is 5. The Hall–Kier alpha value is -2.60. The number of anilines is 1. The monoisotopic (exact) mass is 373 g/mol. The van der Waals surface area contributed by atoms with Crippen molar-refractivity contribution in [2.75, 3.05) is 18.5 Å². The summed E-state index contributed by atoms with van der Waals surface area (Å²) < 4.78 is 10.7. The van der Waals surface area contributed by atoms with E-state index in [2.05, 4.69) is 11.9 Å². The SMILES string of the molecule is C=CCc1ccccc1OCC(=O)Nc1sc(C)c(C)c1C(=O)OCC. The average Bonchev–Trinajstić information content (AvgIpc) is 2.88. The van der Waals surface area contributed by atoms with Crippen LogP contribution in [-0.4, -0.2) is 25.1 Å². The van der Waals surface area contributed by atoms with Gasteiger partial charge in [-0.25, -0.2) is 4.79 Å². The first-order valence-electron chi connectivity index (χ1n) is 8.36. The average molecular weight is 373 g/mol. The molecule has 6 heteroatoms. The summed E-state index contributed by atoms with van der Waals surface area (Å²) in [5.41, 5.74) is 2.20. The zero-order valence-electron chi connectivity index (χ0n) is 15.3. The van der Waals surface area contributed by atoms with E-state index in [1.807, 2.05) is 38.1 Å². The fraction of sp³-hybridized carbons (Fsp3) is 0.300. The smallest absolute Gasteiger partial charge is 0.341 e. The molecule has 138 valence electrons. The Morgan fingerprint density at radius 1 is 1.27 bits per heavy atom. The lowest BCUT2D eigenvalue weighted by molar-refractivity contribution is -0.118. The zero-order valence-corrected chi connectivity index (χ0v) is 16.1. The highest BCUT2D eigenvalue weighted by Crippen LogP contribution is 2.33. The highest BCUT2D eigenvalue weighted by Gasteiger charge is 2.22. The maximum absolute atomic E-state index is 12.3. The van der Waals surface area contributed by atoms with Gasteiger partial charge in [-0.2, -0.15) is 0 Å². The minimum absolute atomic E-state index is 0.146. The predicted molar refractivity (Wildman–Crippen MR) is 104 cm³/mol. The zero-order chi connectivity index (χ0) is 19.1. The van der Waals surface area contributed by atoms with Crippen molar-refractivity contribution in [3.05, 3.63) is 58.5 Å². The number of esters is 1. The van der Waals surface area contributed by atoms with E-state index in [0.717, 1.165) is 16.0 Å². The number of hydrogen-bond donors (Lipinski definition) is 1. The third-order valence-electron chi connectivity index (χ3n) is 3.81. The number of para-hydroxylation sites is 1. The van der Waals surface area contributed by atoms with E-state index in [1.54, 1.807) is 13.0 Å². The van der Waals surface area contributed by atoms with E-state index in [1.165, 1.54) is 11.3 Å². The molecule has 0 radical (unpaired) electrons. The van der Waals surface area contributed by atoms with Gasteiger partial charge in [0.2, 0.25) is 0 Å². The number of carbonyl (C=O) groups excluding carboxylic acids is 2. The van der Waals surface area contributed by atoms with Crippen molar-refractivity contribution in [3.63, 3.8) is 0 Å². The topological polar surface area (TPSA) is 64.6 Å². The first-order valence-corrected chi connectivity index (χ1v) is 9.18. The minimum Gasteiger partial charge on any atom is -0.483 e. The van der Waals surface area contributed by atoms with Crippen molar-refractivity contribution < 1.29 is 19.1 Å². The molecular weight excluding hydrogens is 350 g/mol. The number of aryl methyl sites for hydroxylation is 1. The molecule has 26 heavy (non-hydrogen) atoms. The number of benzene rings is 1. The molecule has 0 unspecified atom stereocenters. The predicted octanol–water partition coefficient (Wildman–Crippen LogP) is 4.29. The van der Waals surface area contributed by atoms with Crippen LogP contribution < -0.4 is 10.1 Å². The van der Waals surface area contributed by atoms with E-state index in [-0.39, 0.29) is 19.1 Å². The first kappa shape index (κ1) is 19.7. The van der Waals surface area contributed by atoms with Crippen molar-refractivity contribution in [1.82, 2.24) is 0 Å². The summed E-state index contributed by atoms with van der Waals surface area (Å²) >= 11 is 1.35. The summed E-state index contributed by atoms with van der Waals surface area (Å²) in [6.07, 6.45) is 2.44. The van der Waals surface area contributed by atoms with Crippen molar-refractivity contribution in [2.24, 2.45) is 0 Å². The molecule has 0 spiro atoms. The van der Waals surface area contributed by atoms with Gasteiger partial charge in [0.05, 0.1) is 12.2 Å². The van der Waals surface area contributed by atoms with Gasteiger partial charge < -0.3 is 14.8 Å². The number of rotatable bonds is 8. The van der Waals surface area contributed by atoms with Gasteiger partial charge in [0, 0.05) is 4.88 Å². The van der Waals surface area contributed by atoms with Crippen molar-refractivity contribution >= 4 is 28.2 Å².